The smallest absolute Gasteiger partial charge is 0.410 e. The van der Waals surface area contributed by atoms with E-state index in [0.29, 0.717) is 66.2 Å². The molecule has 2 N–H and O–H groups in total. The Morgan fingerprint density at radius 2 is 0.984 bits per heavy atom. The van der Waals surface area contributed by atoms with Crippen molar-refractivity contribution in [2.24, 2.45) is 0 Å². The zero-order valence-corrected chi connectivity index (χ0v) is 35.1. The minimum atomic E-state index is -1.08. The van der Waals surface area contributed by atoms with E-state index in [1.54, 1.807) is 51.1 Å². The largest absolute Gasteiger partial charge is 0.477 e. The number of oxazole rings is 2. The van der Waals surface area contributed by atoms with Gasteiger partial charge >= 0.3 is 18.2 Å². The number of carboxylic acids is 1. The predicted molar refractivity (Wildman–Crippen MR) is 226 cm³/mol. The second kappa shape index (κ2) is 19.0. The van der Waals surface area contributed by atoms with Crippen molar-refractivity contribution < 1.29 is 42.6 Å². The Bertz CT molecular complexity index is 2410. The number of rotatable bonds is 4. The molecule has 0 spiro atoms. The van der Waals surface area contributed by atoms with Crippen LogP contribution in [0.1, 0.15) is 62.5 Å². The van der Waals surface area contributed by atoms with Crippen LogP contribution in [0.25, 0.3) is 45.4 Å². The van der Waals surface area contributed by atoms with Gasteiger partial charge in [-0.15, -0.1) is 0 Å². The summed E-state index contributed by atoms with van der Waals surface area (Å²) in [5.41, 5.74) is 3.05. The van der Waals surface area contributed by atoms with Gasteiger partial charge in [0.2, 0.25) is 11.8 Å². The quantitative estimate of drug-likeness (QED) is 0.184. The van der Waals surface area contributed by atoms with E-state index in [1.807, 2.05) is 84.0 Å². The molecular weight excluding hydrogens is 785 g/mol. The van der Waals surface area contributed by atoms with E-state index in [1.165, 1.54) is 6.07 Å². The number of carbonyl (C=O) groups is 4. The Hall–Kier alpha value is -6.88. The lowest BCUT2D eigenvalue weighted by Crippen LogP contribution is -2.51. The van der Waals surface area contributed by atoms with E-state index in [4.69, 9.17) is 23.4 Å². The summed E-state index contributed by atoms with van der Waals surface area (Å²) in [5, 5.41) is 12.1. The topological polar surface area (TPSA) is 207 Å². The molecule has 17 nitrogen and oxygen atoms in total. The van der Waals surface area contributed by atoms with Crippen molar-refractivity contribution in [3.63, 3.8) is 0 Å². The van der Waals surface area contributed by atoms with Gasteiger partial charge in [0.1, 0.15) is 45.0 Å². The van der Waals surface area contributed by atoms with Gasteiger partial charge in [0.25, 0.3) is 5.91 Å². The van der Waals surface area contributed by atoms with Crippen LogP contribution >= 0.6 is 0 Å². The number of para-hydroxylation sites is 4. The zero-order valence-electron chi connectivity index (χ0n) is 35.1. The molecule has 4 aromatic heterocycles. The first kappa shape index (κ1) is 43.7. The van der Waals surface area contributed by atoms with Crippen LogP contribution in [0.4, 0.5) is 9.59 Å². The molecular formula is C44H50N8O9. The van der Waals surface area contributed by atoms with Crippen molar-refractivity contribution in [1.82, 2.24) is 40.0 Å². The highest BCUT2D eigenvalue weighted by molar-refractivity contribution is 5.93. The minimum absolute atomic E-state index is 0.0326. The van der Waals surface area contributed by atoms with Crippen molar-refractivity contribution in [2.45, 2.75) is 52.7 Å². The molecule has 2 fully saturated rings. The maximum absolute atomic E-state index is 12.9. The number of fused-ring (bicyclic) bond motifs is 2. The molecule has 6 heterocycles. The molecule has 0 bridgehead atoms. The van der Waals surface area contributed by atoms with Gasteiger partial charge < -0.3 is 43.4 Å². The maximum Gasteiger partial charge on any atom is 0.410 e. The van der Waals surface area contributed by atoms with Crippen molar-refractivity contribution in [2.75, 3.05) is 52.4 Å². The number of hydrogen-bond acceptors (Lipinski definition) is 13. The highest BCUT2D eigenvalue weighted by Gasteiger charge is 2.29. The van der Waals surface area contributed by atoms with Crippen molar-refractivity contribution in [3.8, 4) is 23.2 Å². The number of aromatic nitrogens is 4. The molecule has 2 aliphatic heterocycles. The predicted octanol–water partition coefficient (Wildman–Crippen LogP) is 7.00. The molecule has 3 amide bonds. The van der Waals surface area contributed by atoms with Crippen LogP contribution in [0.2, 0.25) is 0 Å². The molecule has 2 saturated heterocycles. The van der Waals surface area contributed by atoms with Crippen LogP contribution < -0.4 is 5.32 Å². The number of carboxylic acid groups (broad SMARTS) is 1. The normalized spacial score (nSPS) is 14.4. The van der Waals surface area contributed by atoms with E-state index in [2.05, 4.69) is 25.3 Å². The molecule has 61 heavy (non-hydrogen) atoms. The Labute approximate surface area is 352 Å². The SMILES string of the molecule is CC(C)(C)OC(=O)N1CCN(C(=O)c2cccc(-c3nc4ccccc4o3)n2)CC1.CC(C)(C)OC(=O)N1CCNCC1.O=C(O)c1cccc(-c2nc3ccccc3o2)n1. The van der Waals surface area contributed by atoms with Gasteiger partial charge in [-0.2, -0.15) is 0 Å². The standard InChI is InChI=1S/C22H24N4O4.C13H8N2O3.C9H18N2O2/c1-22(2,3)30-21(28)26-13-11-25(12-14-26)20(27)17-9-6-8-16(23-17)19-24-15-7-4-5-10-18(15)29-19;16-13(17)10-6-3-5-9(14-10)12-15-8-4-1-2-7-11(8)18-12;1-9(2,3)13-8(12)11-6-4-10-5-7-11/h4-10H,11-14H2,1-3H3;1-7H,(H,16,17);10H,4-7H2,1-3H3. The molecule has 320 valence electrons. The first-order chi connectivity index (χ1) is 29.0. The summed E-state index contributed by atoms with van der Waals surface area (Å²) >= 11 is 0. The second-order valence-corrected chi connectivity index (χ2v) is 16.1. The number of ether oxygens (including phenoxy) is 2. The third-order valence-electron chi connectivity index (χ3n) is 8.95. The van der Waals surface area contributed by atoms with Crippen molar-refractivity contribution >= 4 is 46.3 Å². The summed E-state index contributed by atoms with van der Waals surface area (Å²) in [4.78, 5) is 69.7. The molecule has 0 unspecified atom stereocenters. The first-order valence-electron chi connectivity index (χ1n) is 19.9. The second-order valence-electron chi connectivity index (χ2n) is 16.1. The van der Waals surface area contributed by atoms with E-state index in [0.717, 1.165) is 37.2 Å². The number of nitrogens with zero attached hydrogens (tertiary/aromatic N) is 7. The van der Waals surface area contributed by atoms with Gasteiger partial charge in [0, 0.05) is 52.4 Å². The lowest BCUT2D eigenvalue weighted by Gasteiger charge is -2.35. The minimum Gasteiger partial charge on any atom is -0.477 e. The summed E-state index contributed by atoms with van der Waals surface area (Å²) in [7, 11) is 0. The van der Waals surface area contributed by atoms with E-state index >= 15 is 0 Å². The molecule has 0 aliphatic carbocycles. The number of amides is 3. The monoisotopic (exact) mass is 834 g/mol. The molecule has 17 heteroatoms. The third kappa shape index (κ3) is 12.1. The lowest BCUT2D eigenvalue weighted by atomic mass is 10.2. The van der Waals surface area contributed by atoms with E-state index in [-0.39, 0.29) is 29.4 Å². The molecule has 8 rings (SSSR count). The van der Waals surface area contributed by atoms with Gasteiger partial charge in [-0.3, -0.25) is 4.79 Å². The number of carbonyl (C=O) groups excluding carboxylic acids is 3. The number of piperazine rings is 2. The Kier molecular flexibility index (Phi) is 13.6. The van der Waals surface area contributed by atoms with Crippen LogP contribution in [0, 0.1) is 0 Å². The average molecular weight is 835 g/mol. The van der Waals surface area contributed by atoms with Crippen LogP contribution in [0.15, 0.2) is 93.8 Å². The number of nitrogens with one attached hydrogen (secondary N) is 1. The van der Waals surface area contributed by atoms with Gasteiger partial charge in [0.05, 0.1) is 0 Å². The fourth-order valence-electron chi connectivity index (χ4n) is 6.06. The number of hydrogen-bond donors (Lipinski definition) is 2. The summed E-state index contributed by atoms with van der Waals surface area (Å²) in [6.45, 7) is 16.0. The summed E-state index contributed by atoms with van der Waals surface area (Å²) in [6, 6.07) is 24.7. The lowest BCUT2D eigenvalue weighted by molar-refractivity contribution is 0.0139. The highest BCUT2D eigenvalue weighted by Crippen LogP contribution is 2.24. The number of benzene rings is 2. The van der Waals surface area contributed by atoms with Gasteiger partial charge in [-0.25, -0.2) is 34.3 Å². The first-order valence-corrected chi connectivity index (χ1v) is 19.9. The number of pyridine rings is 2. The van der Waals surface area contributed by atoms with Crippen molar-refractivity contribution in [3.05, 3.63) is 96.3 Å². The van der Waals surface area contributed by atoms with Crippen molar-refractivity contribution in [1.29, 1.82) is 0 Å². The fourth-order valence-corrected chi connectivity index (χ4v) is 6.06. The number of aromatic carboxylic acids is 1. The van der Waals surface area contributed by atoms with Gasteiger partial charge in [-0.1, -0.05) is 36.4 Å². The third-order valence-corrected chi connectivity index (χ3v) is 8.95. The molecule has 6 aromatic rings. The van der Waals surface area contributed by atoms with E-state index < -0.39 is 11.6 Å². The Balaban J connectivity index is 0.000000170. The average Bonchev–Trinajstić information content (AvgIpc) is 3.89. The molecule has 2 aromatic carbocycles. The zero-order chi connectivity index (χ0) is 43.7. The fraction of sp³-hybridized carbons (Fsp3) is 0.364. The summed E-state index contributed by atoms with van der Waals surface area (Å²) in [6.07, 6.45) is -0.556. The maximum atomic E-state index is 12.9. The molecule has 0 atom stereocenters. The Morgan fingerprint density at radius 3 is 1.44 bits per heavy atom. The highest BCUT2D eigenvalue weighted by atomic mass is 16.6. The summed E-state index contributed by atoms with van der Waals surface area (Å²) in [5.74, 6) is -0.565. The molecule has 0 saturated carbocycles. The van der Waals surface area contributed by atoms with Crippen LogP contribution in [-0.2, 0) is 9.47 Å². The molecule has 0 radical (unpaired) electrons. The molecule has 2 aliphatic rings. The summed E-state index contributed by atoms with van der Waals surface area (Å²) < 4.78 is 21.9. The Morgan fingerprint density at radius 1 is 0.557 bits per heavy atom. The van der Waals surface area contributed by atoms with Crippen LogP contribution in [0.5, 0.6) is 0 Å². The van der Waals surface area contributed by atoms with Gasteiger partial charge in [-0.05, 0) is 90.1 Å². The van der Waals surface area contributed by atoms with Crippen LogP contribution in [-0.4, -0.2) is 127 Å². The van der Waals surface area contributed by atoms with Crippen LogP contribution in [0.3, 0.4) is 0 Å². The van der Waals surface area contributed by atoms with E-state index in [9.17, 15) is 19.2 Å². The van der Waals surface area contributed by atoms with Gasteiger partial charge in [0.15, 0.2) is 11.2 Å².